The molecule has 1 heterocycles. The summed E-state index contributed by atoms with van der Waals surface area (Å²) in [6, 6.07) is 19.5. The molecule has 0 spiro atoms. The van der Waals surface area contributed by atoms with Gasteiger partial charge in [0.15, 0.2) is 0 Å². The number of piperazine rings is 1. The summed E-state index contributed by atoms with van der Waals surface area (Å²) in [6.45, 7) is 7.09. The van der Waals surface area contributed by atoms with Gasteiger partial charge >= 0.3 is 0 Å². The lowest BCUT2D eigenvalue weighted by molar-refractivity contribution is -1.02. The molecule has 3 heteroatoms. The fourth-order valence-corrected chi connectivity index (χ4v) is 3.28. The zero-order valence-corrected chi connectivity index (χ0v) is 13.1. The highest BCUT2D eigenvalue weighted by molar-refractivity contribution is 5.63. The Kier molecular flexibility index (Phi) is 5.22. The molecule has 0 bridgehead atoms. The minimum atomic E-state index is 0.311. The molecule has 0 radical (unpaired) electrons. The van der Waals surface area contributed by atoms with Crippen LogP contribution in [0.1, 0.15) is 5.56 Å². The van der Waals surface area contributed by atoms with Gasteiger partial charge in [-0.1, -0.05) is 54.6 Å². The standard InChI is InChI=1S/C19H24N2O/c22-15-14-20-10-12-21(13-11-20)16-17-6-8-19(9-7-17)18-4-2-1-3-5-18/h1-9,22H,10-16H2/p+2. The first-order valence-corrected chi connectivity index (χ1v) is 8.27. The Morgan fingerprint density at radius 1 is 0.727 bits per heavy atom. The van der Waals surface area contributed by atoms with Crippen LogP contribution in [0.2, 0.25) is 0 Å². The molecule has 0 saturated carbocycles. The highest BCUT2D eigenvalue weighted by atomic mass is 16.3. The highest BCUT2D eigenvalue weighted by Gasteiger charge is 2.22. The van der Waals surface area contributed by atoms with Gasteiger partial charge in [0.2, 0.25) is 0 Å². The van der Waals surface area contributed by atoms with Crippen molar-refractivity contribution < 1.29 is 14.9 Å². The zero-order chi connectivity index (χ0) is 15.2. The second-order valence-electron chi connectivity index (χ2n) is 6.21. The number of rotatable bonds is 5. The first-order chi connectivity index (χ1) is 10.8. The molecular formula is C19H26N2O+2. The van der Waals surface area contributed by atoms with E-state index < -0.39 is 0 Å². The maximum absolute atomic E-state index is 9.01. The number of hydrogen-bond donors (Lipinski definition) is 3. The van der Waals surface area contributed by atoms with Crippen molar-refractivity contribution in [2.45, 2.75) is 6.54 Å². The largest absolute Gasteiger partial charge is 0.391 e. The van der Waals surface area contributed by atoms with Crippen LogP contribution >= 0.6 is 0 Å². The van der Waals surface area contributed by atoms with E-state index in [4.69, 9.17) is 5.11 Å². The Morgan fingerprint density at radius 3 is 1.95 bits per heavy atom. The van der Waals surface area contributed by atoms with Gasteiger partial charge in [-0.2, -0.15) is 0 Å². The van der Waals surface area contributed by atoms with Gasteiger partial charge in [0.05, 0.1) is 6.61 Å². The molecule has 2 aromatic rings. The third kappa shape index (κ3) is 3.95. The first kappa shape index (κ1) is 15.2. The molecule has 0 atom stereocenters. The van der Waals surface area contributed by atoms with E-state index in [2.05, 4.69) is 54.6 Å². The highest BCUT2D eigenvalue weighted by Crippen LogP contribution is 2.18. The average molecular weight is 298 g/mol. The molecule has 1 aliphatic rings. The summed E-state index contributed by atoms with van der Waals surface area (Å²) < 4.78 is 0. The van der Waals surface area contributed by atoms with Gasteiger partial charge in [0.1, 0.15) is 39.3 Å². The second kappa shape index (κ2) is 7.54. The fourth-order valence-electron chi connectivity index (χ4n) is 3.28. The molecule has 1 fully saturated rings. The van der Waals surface area contributed by atoms with Crippen LogP contribution in [0.25, 0.3) is 11.1 Å². The number of benzene rings is 2. The Hall–Kier alpha value is -1.68. The van der Waals surface area contributed by atoms with Gasteiger partial charge in [0.25, 0.3) is 0 Å². The van der Waals surface area contributed by atoms with E-state index in [-0.39, 0.29) is 0 Å². The molecule has 1 saturated heterocycles. The molecule has 3 nitrogen and oxygen atoms in total. The summed E-state index contributed by atoms with van der Waals surface area (Å²) in [4.78, 5) is 3.21. The van der Waals surface area contributed by atoms with Gasteiger partial charge in [-0.25, -0.2) is 0 Å². The SMILES string of the molecule is OCC[NH+]1CC[NH+](Cc2ccc(-c3ccccc3)cc2)CC1. The Balaban J connectivity index is 1.56. The molecule has 1 aliphatic heterocycles. The van der Waals surface area contributed by atoms with Gasteiger partial charge in [-0.15, -0.1) is 0 Å². The topological polar surface area (TPSA) is 29.1 Å². The van der Waals surface area contributed by atoms with Crippen LogP contribution < -0.4 is 9.80 Å². The third-order valence-electron chi connectivity index (χ3n) is 4.64. The summed E-state index contributed by atoms with van der Waals surface area (Å²) in [5, 5.41) is 9.01. The molecule has 0 aromatic heterocycles. The number of aliphatic hydroxyl groups is 1. The van der Waals surface area contributed by atoms with E-state index in [0.717, 1.165) is 13.1 Å². The summed E-state index contributed by atoms with van der Waals surface area (Å²) in [5.74, 6) is 0. The van der Waals surface area contributed by atoms with Crippen LogP contribution in [-0.4, -0.2) is 44.4 Å². The quantitative estimate of drug-likeness (QED) is 0.691. The van der Waals surface area contributed by atoms with Crippen LogP contribution in [0.5, 0.6) is 0 Å². The summed E-state index contributed by atoms with van der Waals surface area (Å²) in [5.41, 5.74) is 3.99. The monoisotopic (exact) mass is 298 g/mol. The molecule has 2 aromatic carbocycles. The van der Waals surface area contributed by atoms with Crippen LogP contribution in [0.15, 0.2) is 54.6 Å². The predicted molar refractivity (Wildman–Crippen MR) is 88.9 cm³/mol. The Labute approximate surface area is 132 Å². The van der Waals surface area contributed by atoms with Crippen LogP contribution in [0.3, 0.4) is 0 Å². The van der Waals surface area contributed by atoms with Crippen LogP contribution in [0, 0.1) is 0 Å². The summed E-state index contributed by atoms with van der Waals surface area (Å²) in [7, 11) is 0. The molecule has 3 N–H and O–H groups in total. The molecular weight excluding hydrogens is 272 g/mol. The molecule has 22 heavy (non-hydrogen) atoms. The van der Waals surface area contributed by atoms with Crippen molar-refractivity contribution in [1.29, 1.82) is 0 Å². The minimum absolute atomic E-state index is 0.311. The maximum atomic E-state index is 9.01. The molecule has 3 rings (SSSR count). The Bertz CT molecular complexity index is 560. The van der Waals surface area contributed by atoms with Gasteiger partial charge < -0.3 is 14.9 Å². The predicted octanol–water partition coefficient (Wildman–Crippen LogP) is -0.371. The molecule has 0 amide bonds. The van der Waals surface area contributed by atoms with E-state index in [1.165, 1.54) is 42.9 Å². The lowest BCUT2D eigenvalue weighted by Crippen LogP contribution is -3.27. The molecule has 0 unspecified atom stereocenters. The maximum Gasteiger partial charge on any atom is 0.127 e. The number of hydrogen-bond acceptors (Lipinski definition) is 1. The zero-order valence-electron chi connectivity index (χ0n) is 13.1. The lowest BCUT2D eigenvalue weighted by Gasteiger charge is -2.29. The normalized spacial score (nSPS) is 21.7. The van der Waals surface area contributed by atoms with E-state index >= 15 is 0 Å². The van der Waals surface area contributed by atoms with Crippen molar-refractivity contribution in [2.24, 2.45) is 0 Å². The van der Waals surface area contributed by atoms with Gasteiger partial charge in [0, 0.05) is 5.56 Å². The van der Waals surface area contributed by atoms with Crippen molar-refractivity contribution in [3.8, 4) is 11.1 Å². The van der Waals surface area contributed by atoms with Crippen molar-refractivity contribution in [3.63, 3.8) is 0 Å². The number of aliphatic hydroxyl groups excluding tert-OH is 1. The van der Waals surface area contributed by atoms with Crippen LogP contribution in [0.4, 0.5) is 0 Å². The van der Waals surface area contributed by atoms with Gasteiger partial charge in [-0.05, 0) is 11.1 Å². The lowest BCUT2D eigenvalue weighted by atomic mass is 10.0. The number of quaternary nitrogens is 2. The summed E-state index contributed by atoms with van der Waals surface area (Å²) in [6.07, 6.45) is 0. The number of nitrogens with one attached hydrogen (secondary N) is 2. The minimum Gasteiger partial charge on any atom is -0.391 e. The van der Waals surface area contributed by atoms with Crippen molar-refractivity contribution in [1.82, 2.24) is 0 Å². The van der Waals surface area contributed by atoms with Crippen molar-refractivity contribution in [3.05, 3.63) is 60.2 Å². The van der Waals surface area contributed by atoms with E-state index in [9.17, 15) is 0 Å². The first-order valence-electron chi connectivity index (χ1n) is 8.27. The fraction of sp³-hybridized carbons (Fsp3) is 0.368. The van der Waals surface area contributed by atoms with E-state index in [1.807, 2.05) is 0 Å². The second-order valence-corrected chi connectivity index (χ2v) is 6.21. The van der Waals surface area contributed by atoms with E-state index in [0.29, 0.717) is 6.61 Å². The summed E-state index contributed by atoms with van der Waals surface area (Å²) >= 11 is 0. The average Bonchev–Trinajstić information content (AvgIpc) is 2.58. The van der Waals surface area contributed by atoms with Crippen molar-refractivity contribution >= 4 is 0 Å². The van der Waals surface area contributed by atoms with Crippen LogP contribution in [-0.2, 0) is 6.54 Å². The molecule has 116 valence electrons. The van der Waals surface area contributed by atoms with Crippen molar-refractivity contribution in [2.75, 3.05) is 39.3 Å². The third-order valence-corrected chi connectivity index (χ3v) is 4.64. The molecule has 0 aliphatic carbocycles. The van der Waals surface area contributed by atoms with Gasteiger partial charge in [-0.3, -0.25) is 0 Å². The Morgan fingerprint density at radius 2 is 1.32 bits per heavy atom. The smallest absolute Gasteiger partial charge is 0.127 e. The van der Waals surface area contributed by atoms with E-state index in [1.54, 1.807) is 9.80 Å².